The number of nitrogens with one attached hydrogen (secondary N) is 1. The van der Waals surface area contributed by atoms with Crippen molar-refractivity contribution in [2.45, 2.75) is 12.8 Å². The molecule has 1 N–H and O–H groups in total. The maximum Gasteiger partial charge on any atom is 0.217 e. The van der Waals surface area contributed by atoms with Crippen LogP contribution < -0.4 is 0 Å². The van der Waals surface area contributed by atoms with Crippen LogP contribution in [0.4, 0.5) is 0 Å². The summed E-state index contributed by atoms with van der Waals surface area (Å²) in [4.78, 5) is 14.5. The van der Waals surface area contributed by atoms with Crippen LogP contribution in [0.3, 0.4) is 0 Å². The molecule has 0 amide bonds. The number of hydrogen-bond donors (Lipinski definition) is 1. The smallest absolute Gasteiger partial charge is 0.217 e. The number of rotatable bonds is 5. The van der Waals surface area contributed by atoms with Crippen molar-refractivity contribution in [1.29, 1.82) is 0 Å². The molecule has 0 saturated carbocycles. The topological polar surface area (TPSA) is 72.1 Å². The van der Waals surface area contributed by atoms with Crippen LogP contribution in [0.1, 0.15) is 22.8 Å². The van der Waals surface area contributed by atoms with Crippen LogP contribution in [-0.2, 0) is 0 Å². The van der Waals surface area contributed by atoms with Crippen LogP contribution >= 0.6 is 0 Å². The fourth-order valence-corrected chi connectivity index (χ4v) is 3.44. The number of nitro groups is 1. The zero-order chi connectivity index (χ0) is 18.1. The Morgan fingerprint density at radius 1 is 1.08 bits per heavy atom. The van der Waals surface area contributed by atoms with E-state index < -0.39 is 5.92 Å². The molecular formula is C21H18N2O3. The van der Waals surface area contributed by atoms with Crippen molar-refractivity contribution in [3.63, 3.8) is 0 Å². The number of aromatic amines is 1. The second kappa shape index (κ2) is 6.52. The molecule has 2 aromatic carbocycles. The average molecular weight is 346 g/mol. The Bertz CT molecular complexity index is 1050. The van der Waals surface area contributed by atoms with Gasteiger partial charge in [0, 0.05) is 21.4 Å². The summed E-state index contributed by atoms with van der Waals surface area (Å²) in [7, 11) is 0. The number of hydrogen-bond acceptors (Lipinski definition) is 3. The van der Waals surface area contributed by atoms with Gasteiger partial charge in [-0.15, -0.1) is 0 Å². The fourth-order valence-electron chi connectivity index (χ4n) is 3.44. The van der Waals surface area contributed by atoms with E-state index in [0.29, 0.717) is 5.76 Å². The first kappa shape index (κ1) is 16.1. The van der Waals surface area contributed by atoms with Gasteiger partial charge in [-0.1, -0.05) is 48.0 Å². The molecule has 0 unspecified atom stereocenters. The fraction of sp³-hybridized carbons (Fsp3) is 0.143. The number of furan rings is 1. The molecule has 0 radical (unpaired) electrons. The van der Waals surface area contributed by atoms with E-state index in [-0.39, 0.29) is 11.5 Å². The first-order chi connectivity index (χ1) is 12.6. The van der Waals surface area contributed by atoms with Crippen LogP contribution in [-0.4, -0.2) is 16.5 Å². The molecule has 4 rings (SSSR count). The molecule has 130 valence electrons. The lowest BCUT2D eigenvalue weighted by atomic mass is 9.91. The summed E-state index contributed by atoms with van der Waals surface area (Å²) < 4.78 is 5.56. The largest absolute Gasteiger partial charge is 0.468 e. The van der Waals surface area contributed by atoms with Crippen molar-refractivity contribution in [3.8, 4) is 11.3 Å². The van der Waals surface area contributed by atoms with E-state index in [1.54, 1.807) is 18.4 Å². The maximum atomic E-state index is 11.4. The minimum atomic E-state index is -0.465. The lowest BCUT2D eigenvalue weighted by Crippen LogP contribution is -2.14. The molecule has 1 atom stereocenters. The second-order valence-electron chi connectivity index (χ2n) is 6.41. The summed E-state index contributed by atoms with van der Waals surface area (Å²) >= 11 is 0. The average Bonchev–Trinajstić information content (AvgIpc) is 3.28. The zero-order valence-electron chi connectivity index (χ0n) is 14.3. The third-order valence-corrected chi connectivity index (χ3v) is 4.65. The molecule has 26 heavy (non-hydrogen) atoms. The Kier molecular flexibility index (Phi) is 4.05. The summed E-state index contributed by atoms with van der Waals surface area (Å²) in [5.41, 5.74) is 4.92. The molecule has 5 nitrogen and oxygen atoms in total. The second-order valence-corrected chi connectivity index (χ2v) is 6.41. The monoisotopic (exact) mass is 346 g/mol. The Balaban J connectivity index is 1.98. The Labute approximate surface area is 150 Å². The van der Waals surface area contributed by atoms with Crippen LogP contribution in [0.5, 0.6) is 0 Å². The van der Waals surface area contributed by atoms with E-state index in [1.807, 2.05) is 55.5 Å². The summed E-state index contributed by atoms with van der Waals surface area (Å²) in [5.74, 6) is 0.132. The quantitative estimate of drug-likeness (QED) is 0.401. The highest BCUT2D eigenvalue weighted by Crippen LogP contribution is 2.39. The van der Waals surface area contributed by atoms with E-state index in [9.17, 15) is 10.1 Å². The van der Waals surface area contributed by atoms with Gasteiger partial charge in [-0.3, -0.25) is 10.1 Å². The molecule has 0 aliphatic heterocycles. The van der Waals surface area contributed by atoms with E-state index in [1.165, 1.54) is 5.56 Å². The molecule has 0 saturated heterocycles. The molecule has 5 heteroatoms. The van der Waals surface area contributed by atoms with E-state index in [2.05, 4.69) is 4.98 Å². The minimum Gasteiger partial charge on any atom is -0.468 e. The Morgan fingerprint density at radius 3 is 2.54 bits per heavy atom. The maximum absolute atomic E-state index is 11.4. The Morgan fingerprint density at radius 2 is 1.85 bits per heavy atom. The predicted octanol–water partition coefficient (Wildman–Crippen LogP) is 5.14. The third kappa shape index (κ3) is 2.88. The first-order valence-electron chi connectivity index (χ1n) is 8.46. The van der Waals surface area contributed by atoms with E-state index >= 15 is 0 Å². The molecule has 0 bridgehead atoms. The molecular weight excluding hydrogens is 328 g/mol. The van der Waals surface area contributed by atoms with Crippen molar-refractivity contribution in [1.82, 2.24) is 4.98 Å². The van der Waals surface area contributed by atoms with Gasteiger partial charge >= 0.3 is 0 Å². The summed E-state index contributed by atoms with van der Waals surface area (Å²) in [6.07, 6.45) is 1.56. The number of H-pyrrole nitrogens is 1. The number of benzene rings is 2. The molecule has 0 fully saturated rings. The van der Waals surface area contributed by atoms with Gasteiger partial charge in [0.15, 0.2) is 0 Å². The van der Waals surface area contributed by atoms with Crippen molar-refractivity contribution < 1.29 is 9.34 Å². The third-order valence-electron chi connectivity index (χ3n) is 4.65. The van der Waals surface area contributed by atoms with Gasteiger partial charge < -0.3 is 9.40 Å². The lowest BCUT2D eigenvalue weighted by molar-refractivity contribution is -0.482. The van der Waals surface area contributed by atoms with Gasteiger partial charge in [-0.2, -0.15) is 0 Å². The Hall–Kier alpha value is -3.34. The van der Waals surface area contributed by atoms with E-state index in [0.717, 1.165) is 27.7 Å². The summed E-state index contributed by atoms with van der Waals surface area (Å²) in [6.45, 7) is 1.81. The molecule has 2 heterocycles. The highest BCUT2D eigenvalue weighted by Gasteiger charge is 2.29. The van der Waals surface area contributed by atoms with Crippen LogP contribution in [0.15, 0.2) is 71.3 Å². The molecule has 0 spiro atoms. The van der Waals surface area contributed by atoms with Crippen LogP contribution in [0.2, 0.25) is 0 Å². The normalized spacial score (nSPS) is 12.3. The minimum absolute atomic E-state index is 0.228. The standard InChI is InChI=1S/C21H18N2O3/c1-14-8-10-15(11-9-14)21-20(16-5-2-3-6-18(16)22-21)17(13-23(24)25)19-7-4-12-26-19/h2-12,17,22H,13H2,1H3/t17-/m0/s1. The predicted molar refractivity (Wildman–Crippen MR) is 101 cm³/mol. The van der Waals surface area contributed by atoms with Gasteiger partial charge in [0.1, 0.15) is 11.7 Å². The van der Waals surface area contributed by atoms with Gasteiger partial charge in [0.25, 0.3) is 0 Å². The van der Waals surface area contributed by atoms with Crippen molar-refractivity contribution in [3.05, 3.63) is 93.9 Å². The molecule has 0 aliphatic rings. The number of fused-ring (bicyclic) bond motifs is 1. The molecule has 4 aromatic rings. The lowest BCUT2D eigenvalue weighted by Gasteiger charge is -2.13. The molecule has 0 aliphatic carbocycles. The van der Waals surface area contributed by atoms with Gasteiger partial charge in [0.2, 0.25) is 6.54 Å². The van der Waals surface area contributed by atoms with Crippen LogP contribution in [0, 0.1) is 17.0 Å². The number of aromatic nitrogens is 1. The number of aryl methyl sites for hydroxylation is 1. The van der Waals surface area contributed by atoms with E-state index in [4.69, 9.17) is 4.42 Å². The summed E-state index contributed by atoms with van der Waals surface area (Å²) in [5, 5.41) is 12.4. The highest BCUT2D eigenvalue weighted by atomic mass is 16.6. The zero-order valence-corrected chi connectivity index (χ0v) is 14.3. The van der Waals surface area contributed by atoms with Gasteiger partial charge in [-0.05, 0) is 30.7 Å². The van der Waals surface area contributed by atoms with Crippen molar-refractivity contribution in [2.75, 3.05) is 6.54 Å². The van der Waals surface area contributed by atoms with Crippen molar-refractivity contribution >= 4 is 10.9 Å². The number of nitrogens with zero attached hydrogens (tertiary/aromatic N) is 1. The highest BCUT2D eigenvalue weighted by molar-refractivity contribution is 5.91. The van der Waals surface area contributed by atoms with Gasteiger partial charge in [-0.25, -0.2) is 0 Å². The van der Waals surface area contributed by atoms with Crippen molar-refractivity contribution in [2.24, 2.45) is 0 Å². The molecule has 2 aromatic heterocycles. The SMILES string of the molecule is Cc1ccc(-c2[nH]c3ccccc3c2[C@@H](C[N+](=O)[O-])c2ccco2)cc1. The van der Waals surface area contributed by atoms with Crippen LogP contribution in [0.25, 0.3) is 22.2 Å². The first-order valence-corrected chi connectivity index (χ1v) is 8.46. The number of para-hydroxylation sites is 1. The summed E-state index contributed by atoms with van der Waals surface area (Å²) in [6, 6.07) is 19.6. The van der Waals surface area contributed by atoms with Gasteiger partial charge in [0.05, 0.1) is 12.0 Å².